The number of nitrogens with zero attached hydrogens (tertiary/aromatic N) is 2. The topological polar surface area (TPSA) is 45.9 Å². The van der Waals surface area contributed by atoms with Gasteiger partial charge in [-0.2, -0.15) is 0 Å². The SMILES string of the molecule is CCN(CC)Cc1cc(C(=O)N2CCOC3(CCCC3)C2)c(C)o1. The van der Waals surface area contributed by atoms with Crippen molar-refractivity contribution < 1.29 is 13.9 Å². The van der Waals surface area contributed by atoms with E-state index in [1.54, 1.807) is 0 Å². The van der Waals surface area contributed by atoms with Crippen molar-refractivity contribution in [2.24, 2.45) is 0 Å². The number of ether oxygens (including phenoxy) is 1. The largest absolute Gasteiger partial charge is 0.464 e. The normalized spacial score (nSPS) is 20.2. The first-order valence-electron chi connectivity index (χ1n) is 9.32. The molecule has 1 aromatic heterocycles. The van der Waals surface area contributed by atoms with Gasteiger partial charge in [0.1, 0.15) is 11.5 Å². The molecule has 134 valence electrons. The first-order valence-corrected chi connectivity index (χ1v) is 9.32. The Balaban J connectivity index is 1.71. The van der Waals surface area contributed by atoms with Crippen molar-refractivity contribution in [3.63, 3.8) is 0 Å². The summed E-state index contributed by atoms with van der Waals surface area (Å²) in [4.78, 5) is 17.2. The van der Waals surface area contributed by atoms with Crippen LogP contribution in [-0.4, -0.2) is 54.1 Å². The zero-order valence-electron chi connectivity index (χ0n) is 15.3. The van der Waals surface area contributed by atoms with Gasteiger partial charge >= 0.3 is 0 Å². The van der Waals surface area contributed by atoms with Crippen LogP contribution in [0.4, 0.5) is 0 Å². The molecule has 1 aliphatic heterocycles. The van der Waals surface area contributed by atoms with Gasteiger partial charge in [0.25, 0.3) is 5.91 Å². The van der Waals surface area contributed by atoms with Crippen LogP contribution in [0.1, 0.15) is 61.4 Å². The van der Waals surface area contributed by atoms with Crippen molar-refractivity contribution in [2.45, 2.75) is 58.6 Å². The molecule has 0 aromatic carbocycles. The minimum atomic E-state index is -0.0877. The van der Waals surface area contributed by atoms with Gasteiger partial charge in [-0.05, 0) is 38.9 Å². The van der Waals surface area contributed by atoms with Gasteiger partial charge in [-0.1, -0.05) is 26.7 Å². The van der Waals surface area contributed by atoms with Crippen molar-refractivity contribution in [1.82, 2.24) is 9.80 Å². The van der Waals surface area contributed by atoms with Crippen LogP contribution < -0.4 is 0 Å². The quantitative estimate of drug-likeness (QED) is 0.829. The van der Waals surface area contributed by atoms with Crippen LogP contribution in [0.2, 0.25) is 0 Å². The van der Waals surface area contributed by atoms with E-state index in [1.165, 1.54) is 12.8 Å². The van der Waals surface area contributed by atoms with Crippen LogP contribution in [-0.2, 0) is 11.3 Å². The summed E-state index contributed by atoms with van der Waals surface area (Å²) in [6, 6.07) is 1.94. The number of hydrogen-bond acceptors (Lipinski definition) is 4. The van der Waals surface area contributed by atoms with Crippen LogP contribution in [0.5, 0.6) is 0 Å². The lowest BCUT2D eigenvalue weighted by atomic mass is 9.99. The first kappa shape index (κ1) is 17.5. The number of hydrogen-bond donors (Lipinski definition) is 0. The molecule has 1 aliphatic carbocycles. The highest BCUT2D eigenvalue weighted by Crippen LogP contribution is 2.36. The lowest BCUT2D eigenvalue weighted by Crippen LogP contribution is -2.52. The van der Waals surface area contributed by atoms with Gasteiger partial charge < -0.3 is 14.1 Å². The highest BCUT2D eigenvalue weighted by Gasteiger charge is 2.41. The van der Waals surface area contributed by atoms with Gasteiger partial charge in [0.05, 0.1) is 30.9 Å². The Morgan fingerprint density at radius 1 is 1.29 bits per heavy atom. The average molecular weight is 334 g/mol. The van der Waals surface area contributed by atoms with Gasteiger partial charge in [-0.15, -0.1) is 0 Å². The zero-order chi connectivity index (χ0) is 17.2. The lowest BCUT2D eigenvalue weighted by Gasteiger charge is -2.40. The minimum absolute atomic E-state index is 0.0877. The fraction of sp³-hybridized carbons (Fsp3) is 0.737. The third-order valence-corrected chi connectivity index (χ3v) is 5.52. The van der Waals surface area contributed by atoms with E-state index in [2.05, 4.69) is 18.7 Å². The van der Waals surface area contributed by atoms with Crippen LogP contribution in [0, 0.1) is 6.92 Å². The third kappa shape index (κ3) is 3.52. The molecule has 0 N–H and O–H groups in total. The number of amides is 1. The number of furan rings is 1. The summed E-state index contributed by atoms with van der Waals surface area (Å²) in [6.07, 6.45) is 4.57. The fourth-order valence-corrected chi connectivity index (χ4v) is 4.01. The van der Waals surface area contributed by atoms with E-state index >= 15 is 0 Å². The molecule has 0 unspecified atom stereocenters. The molecule has 1 spiro atoms. The van der Waals surface area contributed by atoms with Crippen LogP contribution in [0.15, 0.2) is 10.5 Å². The molecule has 0 radical (unpaired) electrons. The maximum atomic E-state index is 13.0. The molecule has 3 rings (SSSR count). The van der Waals surface area contributed by atoms with Crippen LogP contribution in [0.3, 0.4) is 0 Å². The second-order valence-corrected chi connectivity index (χ2v) is 7.11. The Bertz CT molecular complexity index is 571. The average Bonchev–Trinajstić information content (AvgIpc) is 3.18. The summed E-state index contributed by atoms with van der Waals surface area (Å²) in [5.41, 5.74) is 0.627. The van der Waals surface area contributed by atoms with E-state index in [0.717, 1.165) is 50.5 Å². The van der Waals surface area contributed by atoms with E-state index in [4.69, 9.17) is 9.15 Å². The van der Waals surface area contributed by atoms with E-state index in [1.807, 2.05) is 17.9 Å². The van der Waals surface area contributed by atoms with E-state index in [0.29, 0.717) is 18.7 Å². The summed E-state index contributed by atoms with van der Waals surface area (Å²) in [5.74, 6) is 1.70. The van der Waals surface area contributed by atoms with Crippen LogP contribution >= 0.6 is 0 Å². The standard InChI is InChI=1S/C19H30N2O3/c1-4-20(5-2)13-16-12-17(15(3)24-16)18(22)21-10-11-23-19(14-21)8-6-7-9-19/h12H,4-11,13-14H2,1-3H3. The fourth-order valence-electron chi connectivity index (χ4n) is 4.01. The van der Waals surface area contributed by atoms with Gasteiger partial charge in [0.2, 0.25) is 0 Å². The molecular formula is C19H30N2O3. The van der Waals surface area contributed by atoms with Gasteiger partial charge in [0.15, 0.2) is 0 Å². The molecule has 0 bridgehead atoms. The molecule has 0 atom stereocenters. The summed E-state index contributed by atoms with van der Waals surface area (Å²) in [5, 5.41) is 0. The van der Waals surface area contributed by atoms with E-state index in [9.17, 15) is 4.79 Å². The number of morpholine rings is 1. The highest BCUT2D eigenvalue weighted by molar-refractivity contribution is 5.95. The Morgan fingerprint density at radius 3 is 2.67 bits per heavy atom. The number of carbonyl (C=O) groups excluding carboxylic acids is 1. The number of aryl methyl sites for hydroxylation is 1. The molecule has 1 saturated heterocycles. The molecule has 1 aromatic rings. The molecule has 2 heterocycles. The molecular weight excluding hydrogens is 304 g/mol. The number of carbonyl (C=O) groups is 1. The van der Waals surface area contributed by atoms with Crippen molar-refractivity contribution in [2.75, 3.05) is 32.8 Å². The van der Waals surface area contributed by atoms with Crippen molar-refractivity contribution in [1.29, 1.82) is 0 Å². The second kappa shape index (κ2) is 7.28. The smallest absolute Gasteiger partial charge is 0.257 e. The maximum Gasteiger partial charge on any atom is 0.257 e. The summed E-state index contributed by atoms with van der Waals surface area (Å²) in [6.45, 7) is 10.9. The predicted molar refractivity (Wildman–Crippen MR) is 93.1 cm³/mol. The maximum absolute atomic E-state index is 13.0. The predicted octanol–water partition coefficient (Wildman–Crippen LogP) is 3.22. The van der Waals surface area contributed by atoms with Crippen molar-refractivity contribution in [3.05, 3.63) is 23.2 Å². The van der Waals surface area contributed by atoms with Gasteiger partial charge in [-0.25, -0.2) is 0 Å². The van der Waals surface area contributed by atoms with Crippen molar-refractivity contribution >= 4 is 5.91 Å². The lowest BCUT2D eigenvalue weighted by molar-refractivity contribution is -0.0948. The molecule has 24 heavy (non-hydrogen) atoms. The first-order chi connectivity index (χ1) is 11.6. The Labute approximate surface area is 144 Å². The third-order valence-electron chi connectivity index (χ3n) is 5.52. The van der Waals surface area contributed by atoms with Crippen LogP contribution in [0.25, 0.3) is 0 Å². The van der Waals surface area contributed by atoms with Crippen molar-refractivity contribution in [3.8, 4) is 0 Å². The minimum Gasteiger partial charge on any atom is -0.464 e. The summed E-state index contributed by atoms with van der Waals surface area (Å²) >= 11 is 0. The molecule has 5 nitrogen and oxygen atoms in total. The Morgan fingerprint density at radius 2 is 2.00 bits per heavy atom. The molecule has 2 aliphatic rings. The Hall–Kier alpha value is -1.33. The number of rotatable bonds is 5. The van der Waals surface area contributed by atoms with Gasteiger partial charge in [-0.3, -0.25) is 9.69 Å². The highest BCUT2D eigenvalue weighted by atomic mass is 16.5. The van der Waals surface area contributed by atoms with E-state index in [-0.39, 0.29) is 11.5 Å². The molecule has 1 saturated carbocycles. The summed E-state index contributed by atoms with van der Waals surface area (Å²) < 4.78 is 11.9. The molecule has 5 heteroatoms. The second-order valence-electron chi connectivity index (χ2n) is 7.11. The molecule has 2 fully saturated rings. The Kier molecular flexibility index (Phi) is 5.30. The monoisotopic (exact) mass is 334 g/mol. The zero-order valence-corrected chi connectivity index (χ0v) is 15.3. The summed E-state index contributed by atoms with van der Waals surface area (Å²) in [7, 11) is 0. The van der Waals surface area contributed by atoms with Gasteiger partial charge in [0, 0.05) is 6.54 Å². The molecule has 1 amide bonds. The van der Waals surface area contributed by atoms with E-state index < -0.39 is 0 Å².